The van der Waals surface area contributed by atoms with Crippen LogP contribution in [0.3, 0.4) is 0 Å². The minimum Gasteiger partial charge on any atom is -0.305 e. The van der Waals surface area contributed by atoms with Gasteiger partial charge in [0.2, 0.25) is 0 Å². The van der Waals surface area contributed by atoms with Gasteiger partial charge >= 0.3 is 0 Å². The summed E-state index contributed by atoms with van der Waals surface area (Å²) in [4.78, 5) is 17.2. The molecule has 0 bridgehead atoms. The number of carbonyl (C=O) groups excluding carboxylic acids is 1. The van der Waals surface area contributed by atoms with Gasteiger partial charge in [0, 0.05) is 23.8 Å². The Bertz CT molecular complexity index is 1020. The maximum atomic E-state index is 12.4. The van der Waals surface area contributed by atoms with Crippen molar-refractivity contribution in [2.24, 2.45) is 12.0 Å². The van der Waals surface area contributed by atoms with Crippen molar-refractivity contribution >= 4 is 39.1 Å². The van der Waals surface area contributed by atoms with Crippen LogP contribution in [0.25, 0.3) is 10.2 Å². The minimum atomic E-state index is -0.383. The lowest BCUT2D eigenvalue weighted by molar-refractivity contribution is 0.0992. The van der Waals surface area contributed by atoms with Gasteiger partial charge in [0.15, 0.2) is 10.5 Å². The molecule has 5 nitrogen and oxygen atoms in total. The van der Waals surface area contributed by atoms with Crippen molar-refractivity contribution in [3.8, 4) is 12.3 Å². The van der Waals surface area contributed by atoms with E-state index < -0.39 is 0 Å². The molecule has 1 aromatic carbocycles. The lowest BCUT2D eigenvalue weighted by atomic mass is 10.3. The number of benzene rings is 1. The second kappa shape index (κ2) is 6.03. The number of aromatic nitrogens is 3. The van der Waals surface area contributed by atoms with Gasteiger partial charge in [-0.05, 0) is 25.1 Å². The van der Waals surface area contributed by atoms with Crippen LogP contribution in [0.15, 0.2) is 29.4 Å². The van der Waals surface area contributed by atoms with E-state index in [2.05, 4.69) is 16.0 Å². The molecule has 3 aromatic rings. The highest BCUT2D eigenvalue weighted by molar-refractivity contribution is 7.16. The molecule has 0 radical (unpaired) electrons. The maximum Gasteiger partial charge on any atom is 0.300 e. The average Bonchev–Trinajstić information content (AvgIpc) is 2.99. The second-order valence-corrected chi connectivity index (χ2v) is 6.48. The Morgan fingerprint density at radius 3 is 2.96 bits per heavy atom. The number of fused-ring (bicyclic) bond motifs is 1. The lowest BCUT2D eigenvalue weighted by Gasteiger charge is -1.99. The summed E-state index contributed by atoms with van der Waals surface area (Å²) in [5.41, 5.74) is 2.03. The lowest BCUT2D eigenvalue weighted by Crippen LogP contribution is -2.17. The fourth-order valence-corrected chi connectivity index (χ4v) is 3.64. The van der Waals surface area contributed by atoms with Crippen LogP contribution in [0.5, 0.6) is 0 Å². The smallest absolute Gasteiger partial charge is 0.300 e. The van der Waals surface area contributed by atoms with E-state index in [9.17, 15) is 4.79 Å². The van der Waals surface area contributed by atoms with Gasteiger partial charge in [-0.2, -0.15) is 10.1 Å². The molecule has 3 rings (SSSR count). The molecule has 0 fully saturated rings. The second-order valence-electron chi connectivity index (χ2n) is 5.04. The molecule has 116 valence electrons. The molecule has 0 aliphatic rings. The summed E-state index contributed by atoms with van der Waals surface area (Å²) in [7, 11) is 1.77. The Hall–Kier alpha value is -2.36. The fraction of sp³-hybridized carbons (Fsp3) is 0.188. The van der Waals surface area contributed by atoms with Crippen molar-refractivity contribution in [2.45, 2.75) is 13.5 Å². The van der Waals surface area contributed by atoms with Crippen LogP contribution in [0.2, 0.25) is 5.02 Å². The Balaban J connectivity index is 2.18. The monoisotopic (exact) mass is 344 g/mol. The van der Waals surface area contributed by atoms with Crippen LogP contribution in [0, 0.1) is 19.3 Å². The molecule has 0 saturated carbocycles. The van der Waals surface area contributed by atoms with E-state index in [1.807, 2.05) is 23.6 Å². The van der Waals surface area contributed by atoms with Gasteiger partial charge in [0.05, 0.1) is 16.8 Å². The standard InChI is InChI=1S/C16H13ClN4OS/c1-4-7-21-12-6-5-11(17)8-13(12)23-16(21)18-15(22)14-10(2)9-20(3)19-14/h1,5-6,8-9H,7H2,2-3H3. The molecule has 0 saturated heterocycles. The highest BCUT2D eigenvalue weighted by Gasteiger charge is 2.14. The third-order valence-electron chi connectivity index (χ3n) is 3.31. The molecule has 0 N–H and O–H groups in total. The first kappa shape index (κ1) is 15.5. The van der Waals surface area contributed by atoms with Gasteiger partial charge < -0.3 is 4.57 Å². The van der Waals surface area contributed by atoms with Crippen molar-refractivity contribution in [1.82, 2.24) is 14.3 Å². The first-order valence-electron chi connectivity index (χ1n) is 6.81. The molecule has 0 unspecified atom stereocenters. The largest absolute Gasteiger partial charge is 0.305 e. The summed E-state index contributed by atoms with van der Waals surface area (Å²) >= 11 is 7.40. The zero-order chi connectivity index (χ0) is 16.6. The van der Waals surface area contributed by atoms with E-state index in [4.69, 9.17) is 18.0 Å². The van der Waals surface area contributed by atoms with E-state index in [0.29, 0.717) is 22.1 Å². The summed E-state index contributed by atoms with van der Waals surface area (Å²) in [5.74, 6) is 2.21. The average molecular weight is 345 g/mol. The number of carbonyl (C=O) groups is 1. The Labute approximate surface area is 141 Å². The SMILES string of the molecule is C#CCn1c(=NC(=O)c2nn(C)cc2C)sc2cc(Cl)ccc21. The highest BCUT2D eigenvalue weighted by atomic mass is 35.5. The summed E-state index contributed by atoms with van der Waals surface area (Å²) in [6.07, 6.45) is 7.23. The van der Waals surface area contributed by atoms with Crippen LogP contribution >= 0.6 is 22.9 Å². The fourth-order valence-electron chi connectivity index (χ4n) is 2.33. The van der Waals surface area contributed by atoms with E-state index >= 15 is 0 Å². The predicted octanol–water partition coefficient (Wildman–Crippen LogP) is 2.77. The first-order valence-corrected chi connectivity index (χ1v) is 8.00. The minimum absolute atomic E-state index is 0.328. The molecule has 2 aromatic heterocycles. The Morgan fingerprint density at radius 2 is 2.30 bits per heavy atom. The summed E-state index contributed by atoms with van der Waals surface area (Å²) in [6, 6.07) is 5.50. The zero-order valence-corrected chi connectivity index (χ0v) is 14.1. The van der Waals surface area contributed by atoms with Gasteiger partial charge in [-0.25, -0.2) is 0 Å². The number of rotatable bonds is 2. The van der Waals surface area contributed by atoms with E-state index in [1.54, 1.807) is 24.0 Å². The van der Waals surface area contributed by atoms with E-state index in [1.165, 1.54) is 11.3 Å². The molecule has 1 amide bonds. The van der Waals surface area contributed by atoms with Crippen molar-refractivity contribution in [1.29, 1.82) is 0 Å². The third-order valence-corrected chi connectivity index (χ3v) is 4.58. The molecule has 23 heavy (non-hydrogen) atoms. The molecular formula is C16H13ClN4OS. The van der Waals surface area contributed by atoms with Gasteiger partial charge in [-0.3, -0.25) is 9.48 Å². The number of hydrogen-bond donors (Lipinski definition) is 0. The van der Waals surface area contributed by atoms with Gasteiger partial charge in [0.1, 0.15) is 0 Å². The number of amides is 1. The van der Waals surface area contributed by atoms with E-state index in [-0.39, 0.29) is 5.91 Å². The molecule has 0 aliphatic heterocycles. The van der Waals surface area contributed by atoms with Crippen molar-refractivity contribution < 1.29 is 4.79 Å². The summed E-state index contributed by atoms with van der Waals surface area (Å²) < 4.78 is 4.35. The van der Waals surface area contributed by atoms with Crippen LogP contribution < -0.4 is 4.80 Å². The van der Waals surface area contributed by atoms with Crippen LogP contribution in [0.1, 0.15) is 16.1 Å². The molecule has 0 spiro atoms. The highest BCUT2D eigenvalue weighted by Crippen LogP contribution is 2.22. The van der Waals surface area contributed by atoms with Crippen molar-refractivity contribution in [2.75, 3.05) is 0 Å². The molecule has 0 aliphatic carbocycles. The van der Waals surface area contributed by atoms with Crippen molar-refractivity contribution in [3.05, 3.63) is 45.5 Å². The first-order chi connectivity index (χ1) is 11.0. The van der Waals surface area contributed by atoms with Crippen LogP contribution in [0.4, 0.5) is 0 Å². The number of thiazole rings is 1. The summed E-state index contributed by atoms with van der Waals surface area (Å²) in [6.45, 7) is 2.16. The van der Waals surface area contributed by atoms with Crippen LogP contribution in [-0.4, -0.2) is 20.3 Å². The molecule has 0 atom stereocenters. The number of halogens is 1. The van der Waals surface area contributed by atoms with Crippen LogP contribution in [-0.2, 0) is 13.6 Å². The zero-order valence-electron chi connectivity index (χ0n) is 12.6. The maximum absolute atomic E-state index is 12.4. The Kier molecular flexibility index (Phi) is 4.07. The number of hydrogen-bond acceptors (Lipinski definition) is 3. The third kappa shape index (κ3) is 2.93. The number of aryl methyl sites for hydroxylation is 2. The molecule has 7 heteroatoms. The molecular weight excluding hydrogens is 332 g/mol. The predicted molar refractivity (Wildman–Crippen MR) is 91.5 cm³/mol. The normalized spacial score (nSPS) is 11.8. The summed E-state index contributed by atoms with van der Waals surface area (Å²) in [5, 5.41) is 4.79. The van der Waals surface area contributed by atoms with Gasteiger partial charge in [0.25, 0.3) is 5.91 Å². The molecule has 2 heterocycles. The topological polar surface area (TPSA) is 52.2 Å². The number of nitrogens with zero attached hydrogens (tertiary/aromatic N) is 4. The van der Waals surface area contributed by atoms with E-state index in [0.717, 1.165) is 15.8 Å². The van der Waals surface area contributed by atoms with Gasteiger partial charge in [-0.15, -0.1) is 6.42 Å². The van der Waals surface area contributed by atoms with Gasteiger partial charge in [-0.1, -0.05) is 28.9 Å². The Morgan fingerprint density at radius 1 is 1.52 bits per heavy atom. The quantitative estimate of drug-likeness (QED) is 0.671. The number of terminal acetylenes is 1. The van der Waals surface area contributed by atoms with Crippen molar-refractivity contribution in [3.63, 3.8) is 0 Å².